The summed E-state index contributed by atoms with van der Waals surface area (Å²) in [5.74, 6) is -0.728. The van der Waals surface area contributed by atoms with Crippen LogP contribution in [0.25, 0.3) is 0 Å². The van der Waals surface area contributed by atoms with Gasteiger partial charge in [-0.25, -0.2) is 4.79 Å². The minimum atomic E-state index is -3.07. The molecule has 1 heterocycles. The van der Waals surface area contributed by atoms with Gasteiger partial charge in [-0.1, -0.05) is 0 Å². The van der Waals surface area contributed by atoms with Crippen molar-refractivity contribution in [3.63, 3.8) is 0 Å². The zero-order chi connectivity index (χ0) is 14.3. The van der Waals surface area contributed by atoms with Gasteiger partial charge in [0.05, 0.1) is 6.61 Å². The van der Waals surface area contributed by atoms with Crippen LogP contribution in [0.2, 0.25) is 0 Å². The first kappa shape index (κ1) is 15.3. The van der Waals surface area contributed by atoms with Crippen molar-refractivity contribution in [2.24, 2.45) is 0 Å². The first-order valence-electron chi connectivity index (χ1n) is 5.17. The largest absolute Gasteiger partial charge is 0.465 e. The van der Waals surface area contributed by atoms with Crippen LogP contribution >= 0.6 is 11.3 Å². The molecular formula is C10H12F2N2O4S. The standard InChI is InChI=1S/C10H12F2N2O4S/c11-9(12)18-4-7(14-10(16)17)8(15)13-3-6-1-2-19-5-6/h1-2,5,7,9,14H,3-4H2,(H,13,15)(H,16,17)/t7-/m1/s1. The summed E-state index contributed by atoms with van der Waals surface area (Å²) < 4.78 is 27.7. The molecule has 0 bridgehead atoms. The van der Waals surface area contributed by atoms with E-state index in [0.29, 0.717) is 0 Å². The number of rotatable bonds is 7. The topological polar surface area (TPSA) is 87.7 Å². The molecule has 106 valence electrons. The number of carbonyl (C=O) groups excluding carboxylic acids is 1. The van der Waals surface area contributed by atoms with Gasteiger partial charge in [-0.2, -0.15) is 20.1 Å². The van der Waals surface area contributed by atoms with E-state index in [9.17, 15) is 18.4 Å². The molecule has 0 aromatic carbocycles. The Morgan fingerprint density at radius 3 is 2.74 bits per heavy atom. The third kappa shape index (κ3) is 6.11. The highest BCUT2D eigenvalue weighted by Crippen LogP contribution is 2.05. The molecule has 9 heteroatoms. The Labute approximate surface area is 111 Å². The van der Waals surface area contributed by atoms with Crippen molar-refractivity contribution in [2.45, 2.75) is 19.2 Å². The molecule has 2 amide bonds. The van der Waals surface area contributed by atoms with Gasteiger partial charge in [-0.15, -0.1) is 0 Å². The average molecular weight is 294 g/mol. The molecule has 1 atom stereocenters. The molecule has 0 aliphatic rings. The third-order valence-corrected chi connectivity index (χ3v) is 2.78. The van der Waals surface area contributed by atoms with Crippen molar-refractivity contribution in [3.05, 3.63) is 22.4 Å². The lowest BCUT2D eigenvalue weighted by molar-refractivity contribution is -0.143. The summed E-state index contributed by atoms with van der Waals surface area (Å²) in [6, 6.07) is 0.394. The lowest BCUT2D eigenvalue weighted by Gasteiger charge is -2.16. The fraction of sp³-hybridized carbons (Fsp3) is 0.400. The quantitative estimate of drug-likeness (QED) is 0.706. The van der Waals surface area contributed by atoms with Crippen molar-refractivity contribution in [1.82, 2.24) is 10.6 Å². The van der Waals surface area contributed by atoms with Crippen LogP contribution in [0.5, 0.6) is 0 Å². The van der Waals surface area contributed by atoms with Gasteiger partial charge < -0.3 is 20.5 Å². The molecule has 3 N–H and O–H groups in total. The van der Waals surface area contributed by atoms with Crippen molar-refractivity contribution < 1.29 is 28.2 Å². The Morgan fingerprint density at radius 1 is 1.47 bits per heavy atom. The van der Waals surface area contributed by atoms with Crippen LogP contribution in [0.1, 0.15) is 5.56 Å². The van der Waals surface area contributed by atoms with Crippen molar-refractivity contribution in [3.8, 4) is 0 Å². The smallest absolute Gasteiger partial charge is 0.405 e. The van der Waals surface area contributed by atoms with Crippen LogP contribution in [-0.2, 0) is 16.1 Å². The van der Waals surface area contributed by atoms with Gasteiger partial charge in [0.15, 0.2) is 0 Å². The van der Waals surface area contributed by atoms with Gasteiger partial charge in [0, 0.05) is 6.54 Å². The van der Waals surface area contributed by atoms with E-state index >= 15 is 0 Å². The molecule has 0 spiro atoms. The highest BCUT2D eigenvalue weighted by Gasteiger charge is 2.22. The highest BCUT2D eigenvalue weighted by molar-refractivity contribution is 7.07. The summed E-state index contributed by atoms with van der Waals surface area (Å²) in [6.07, 6.45) is -1.49. The second kappa shape index (κ2) is 7.64. The van der Waals surface area contributed by atoms with E-state index in [1.807, 2.05) is 10.7 Å². The predicted octanol–water partition coefficient (Wildman–Crippen LogP) is 1.24. The first-order chi connectivity index (χ1) is 8.99. The maximum atomic E-state index is 11.9. The zero-order valence-electron chi connectivity index (χ0n) is 9.64. The number of hydrogen-bond donors (Lipinski definition) is 3. The lowest BCUT2D eigenvalue weighted by Crippen LogP contribution is -2.49. The van der Waals surface area contributed by atoms with E-state index in [1.165, 1.54) is 11.3 Å². The summed E-state index contributed by atoms with van der Waals surface area (Å²) in [7, 11) is 0. The number of thiophene rings is 1. The SMILES string of the molecule is O=C(O)N[C@H](COC(F)F)C(=O)NCc1ccsc1. The molecule has 19 heavy (non-hydrogen) atoms. The van der Waals surface area contributed by atoms with Crippen LogP contribution in [0.3, 0.4) is 0 Å². The zero-order valence-corrected chi connectivity index (χ0v) is 10.5. The summed E-state index contributed by atoms with van der Waals surface area (Å²) in [5.41, 5.74) is 0.835. The minimum absolute atomic E-state index is 0.189. The summed E-state index contributed by atoms with van der Waals surface area (Å²) in [5, 5.41) is 16.4. The van der Waals surface area contributed by atoms with Gasteiger partial charge in [-0.05, 0) is 22.4 Å². The van der Waals surface area contributed by atoms with Crippen molar-refractivity contribution in [1.29, 1.82) is 0 Å². The number of amides is 2. The first-order valence-corrected chi connectivity index (χ1v) is 6.11. The second-order valence-corrected chi connectivity index (χ2v) is 4.23. The van der Waals surface area contributed by atoms with Gasteiger partial charge in [0.25, 0.3) is 0 Å². The van der Waals surface area contributed by atoms with E-state index in [2.05, 4.69) is 10.1 Å². The van der Waals surface area contributed by atoms with Crippen molar-refractivity contribution >= 4 is 23.3 Å². The van der Waals surface area contributed by atoms with Crippen LogP contribution < -0.4 is 10.6 Å². The minimum Gasteiger partial charge on any atom is -0.465 e. The maximum Gasteiger partial charge on any atom is 0.405 e. The number of carbonyl (C=O) groups is 2. The Hall–Kier alpha value is -1.74. The van der Waals surface area contributed by atoms with E-state index < -0.39 is 31.3 Å². The summed E-state index contributed by atoms with van der Waals surface area (Å²) >= 11 is 1.44. The third-order valence-electron chi connectivity index (χ3n) is 2.05. The van der Waals surface area contributed by atoms with Gasteiger partial charge in [0.1, 0.15) is 6.04 Å². The molecule has 0 saturated carbocycles. The normalized spacial score (nSPS) is 12.2. The summed E-state index contributed by atoms with van der Waals surface area (Å²) in [4.78, 5) is 22.1. The molecule has 1 aromatic heterocycles. The summed E-state index contributed by atoms with van der Waals surface area (Å²) in [6.45, 7) is -3.61. The van der Waals surface area contributed by atoms with E-state index in [4.69, 9.17) is 5.11 Å². The molecule has 1 rings (SSSR count). The number of alkyl halides is 2. The van der Waals surface area contributed by atoms with Crippen LogP contribution in [0, 0.1) is 0 Å². The molecule has 1 aromatic rings. The Kier molecular flexibility index (Phi) is 6.16. The molecule has 0 fully saturated rings. The number of nitrogens with one attached hydrogen (secondary N) is 2. The second-order valence-electron chi connectivity index (χ2n) is 3.45. The number of ether oxygens (including phenoxy) is 1. The highest BCUT2D eigenvalue weighted by atomic mass is 32.1. The monoisotopic (exact) mass is 294 g/mol. The maximum absolute atomic E-state index is 11.9. The van der Waals surface area contributed by atoms with Crippen LogP contribution in [-0.4, -0.2) is 36.4 Å². The lowest BCUT2D eigenvalue weighted by atomic mass is 10.2. The molecule has 6 nitrogen and oxygen atoms in total. The Balaban J connectivity index is 2.47. The van der Waals surface area contributed by atoms with E-state index in [-0.39, 0.29) is 6.54 Å². The number of carboxylic acid groups (broad SMARTS) is 1. The fourth-order valence-electron chi connectivity index (χ4n) is 1.21. The van der Waals surface area contributed by atoms with Gasteiger partial charge in [-0.3, -0.25) is 4.79 Å². The van der Waals surface area contributed by atoms with E-state index in [1.54, 1.807) is 11.4 Å². The van der Waals surface area contributed by atoms with Crippen LogP contribution in [0.15, 0.2) is 16.8 Å². The average Bonchev–Trinajstić information content (AvgIpc) is 2.83. The fourth-order valence-corrected chi connectivity index (χ4v) is 1.88. The molecule has 0 aliphatic carbocycles. The Morgan fingerprint density at radius 2 is 2.21 bits per heavy atom. The van der Waals surface area contributed by atoms with Crippen molar-refractivity contribution in [2.75, 3.05) is 6.61 Å². The number of hydrogen-bond acceptors (Lipinski definition) is 4. The Bertz CT molecular complexity index is 414. The van der Waals surface area contributed by atoms with Gasteiger partial charge in [0.2, 0.25) is 5.91 Å². The predicted molar refractivity (Wildman–Crippen MR) is 63.1 cm³/mol. The molecular weight excluding hydrogens is 282 g/mol. The molecule has 0 saturated heterocycles. The van der Waals surface area contributed by atoms with Gasteiger partial charge >= 0.3 is 12.7 Å². The molecule has 0 unspecified atom stereocenters. The van der Waals surface area contributed by atoms with E-state index in [0.717, 1.165) is 5.56 Å². The molecule has 0 radical (unpaired) electrons. The van der Waals surface area contributed by atoms with Crippen LogP contribution in [0.4, 0.5) is 13.6 Å². The molecule has 0 aliphatic heterocycles. The number of halogens is 2.